The number of carbonyl (C=O) groups excluding carboxylic acids is 2. The Balaban J connectivity index is 1.56. The maximum absolute atomic E-state index is 13.0. The fourth-order valence-electron chi connectivity index (χ4n) is 3.86. The standard InChI is InChI=1S/C19H29N5O3/c1-14-15(2)20-13-21-18(14)22-7-9-23(10-8-22)19(26)16-5-4-6-24(11-16)17(25)12-27-3/h13,16H,4-12H2,1-3H3/t16-/m1/s1. The minimum Gasteiger partial charge on any atom is -0.375 e. The molecule has 1 aromatic heterocycles. The van der Waals surface area contributed by atoms with Crippen molar-refractivity contribution < 1.29 is 14.3 Å². The van der Waals surface area contributed by atoms with Gasteiger partial charge in [0.15, 0.2) is 0 Å². The molecule has 0 N–H and O–H groups in total. The number of anilines is 1. The second-order valence-electron chi connectivity index (χ2n) is 7.33. The van der Waals surface area contributed by atoms with Crippen LogP contribution in [0.4, 0.5) is 5.82 Å². The number of ether oxygens (including phenoxy) is 1. The van der Waals surface area contributed by atoms with E-state index >= 15 is 0 Å². The van der Waals surface area contributed by atoms with Gasteiger partial charge in [0, 0.05) is 57.6 Å². The summed E-state index contributed by atoms with van der Waals surface area (Å²) in [5, 5.41) is 0. The number of likely N-dealkylation sites (tertiary alicyclic amines) is 1. The molecule has 0 bridgehead atoms. The number of nitrogens with zero attached hydrogens (tertiary/aromatic N) is 5. The predicted octanol–water partition coefficient (Wildman–Crippen LogP) is 0.627. The van der Waals surface area contributed by atoms with Gasteiger partial charge in [0.05, 0.1) is 5.92 Å². The second kappa shape index (κ2) is 8.65. The number of aryl methyl sites for hydroxylation is 1. The fourth-order valence-corrected chi connectivity index (χ4v) is 3.86. The summed E-state index contributed by atoms with van der Waals surface area (Å²) in [6, 6.07) is 0. The van der Waals surface area contributed by atoms with Gasteiger partial charge in [-0.15, -0.1) is 0 Å². The van der Waals surface area contributed by atoms with Crippen LogP contribution in [0.5, 0.6) is 0 Å². The molecule has 3 rings (SSSR count). The van der Waals surface area contributed by atoms with Crippen LogP contribution in [-0.4, -0.2) is 84.6 Å². The number of amides is 2. The maximum Gasteiger partial charge on any atom is 0.248 e. The Morgan fingerprint density at radius 1 is 1.11 bits per heavy atom. The lowest BCUT2D eigenvalue weighted by molar-refractivity contribution is -0.142. The SMILES string of the molecule is COCC(=O)N1CCC[C@@H](C(=O)N2CCN(c3ncnc(C)c3C)CC2)C1. The average molecular weight is 375 g/mol. The summed E-state index contributed by atoms with van der Waals surface area (Å²) in [5.74, 6) is 0.993. The zero-order chi connectivity index (χ0) is 19.4. The molecule has 0 spiro atoms. The lowest BCUT2D eigenvalue weighted by Crippen LogP contribution is -2.53. The first-order valence-electron chi connectivity index (χ1n) is 9.60. The number of hydrogen-bond donors (Lipinski definition) is 0. The van der Waals surface area contributed by atoms with Crippen molar-refractivity contribution in [2.75, 3.05) is 57.9 Å². The summed E-state index contributed by atoms with van der Waals surface area (Å²) in [4.78, 5) is 39.6. The summed E-state index contributed by atoms with van der Waals surface area (Å²) in [6.45, 7) is 8.22. The first kappa shape index (κ1) is 19.5. The largest absolute Gasteiger partial charge is 0.375 e. The Labute approximate surface area is 160 Å². The summed E-state index contributed by atoms with van der Waals surface area (Å²) in [6.07, 6.45) is 3.31. The number of aromatic nitrogens is 2. The lowest BCUT2D eigenvalue weighted by atomic mass is 9.96. The topological polar surface area (TPSA) is 78.9 Å². The Bertz CT molecular complexity index is 688. The number of carbonyl (C=O) groups is 2. The quantitative estimate of drug-likeness (QED) is 0.768. The van der Waals surface area contributed by atoms with Crippen LogP contribution in [0.15, 0.2) is 6.33 Å². The van der Waals surface area contributed by atoms with Crippen LogP contribution >= 0.6 is 0 Å². The van der Waals surface area contributed by atoms with E-state index in [0.29, 0.717) is 26.2 Å². The monoisotopic (exact) mass is 375 g/mol. The molecule has 2 fully saturated rings. The third-order valence-corrected chi connectivity index (χ3v) is 5.59. The Morgan fingerprint density at radius 3 is 2.56 bits per heavy atom. The van der Waals surface area contributed by atoms with E-state index < -0.39 is 0 Å². The van der Waals surface area contributed by atoms with Crippen LogP contribution < -0.4 is 4.90 Å². The fraction of sp³-hybridized carbons (Fsp3) is 0.684. The van der Waals surface area contributed by atoms with Crippen molar-refractivity contribution in [2.24, 2.45) is 5.92 Å². The van der Waals surface area contributed by atoms with Gasteiger partial charge in [0.25, 0.3) is 0 Å². The minimum atomic E-state index is -0.103. The van der Waals surface area contributed by atoms with E-state index in [0.717, 1.165) is 43.0 Å². The molecule has 3 heterocycles. The van der Waals surface area contributed by atoms with E-state index in [1.54, 1.807) is 11.2 Å². The first-order chi connectivity index (χ1) is 13.0. The smallest absolute Gasteiger partial charge is 0.248 e. The van der Waals surface area contributed by atoms with Crippen LogP contribution in [-0.2, 0) is 14.3 Å². The average Bonchev–Trinajstić information content (AvgIpc) is 2.70. The summed E-state index contributed by atoms with van der Waals surface area (Å²) in [7, 11) is 1.52. The molecule has 0 saturated carbocycles. The van der Waals surface area contributed by atoms with E-state index in [2.05, 4.69) is 14.9 Å². The van der Waals surface area contributed by atoms with E-state index in [1.807, 2.05) is 18.7 Å². The molecule has 2 amide bonds. The molecule has 0 unspecified atom stereocenters. The van der Waals surface area contributed by atoms with Crippen LogP contribution in [0.3, 0.4) is 0 Å². The van der Waals surface area contributed by atoms with Crippen LogP contribution in [0.1, 0.15) is 24.1 Å². The van der Waals surface area contributed by atoms with E-state index in [1.165, 1.54) is 7.11 Å². The van der Waals surface area contributed by atoms with Gasteiger partial charge in [0.1, 0.15) is 18.8 Å². The van der Waals surface area contributed by atoms with Crippen molar-refractivity contribution in [3.8, 4) is 0 Å². The van der Waals surface area contributed by atoms with Crippen molar-refractivity contribution in [1.82, 2.24) is 19.8 Å². The highest BCUT2D eigenvalue weighted by Gasteiger charge is 2.32. The summed E-state index contributed by atoms with van der Waals surface area (Å²) >= 11 is 0. The first-order valence-corrected chi connectivity index (χ1v) is 9.60. The third-order valence-electron chi connectivity index (χ3n) is 5.59. The number of hydrogen-bond acceptors (Lipinski definition) is 6. The van der Waals surface area contributed by atoms with Crippen LogP contribution in [0.2, 0.25) is 0 Å². The van der Waals surface area contributed by atoms with Crippen LogP contribution in [0, 0.1) is 19.8 Å². The van der Waals surface area contributed by atoms with Gasteiger partial charge in [-0.25, -0.2) is 9.97 Å². The lowest BCUT2D eigenvalue weighted by Gasteiger charge is -2.39. The van der Waals surface area contributed by atoms with Gasteiger partial charge in [-0.3, -0.25) is 9.59 Å². The molecule has 2 aliphatic heterocycles. The van der Waals surface area contributed by atoms with Crippen molar-refractivity contribution in [1.29, 1.82) is 0 Å². The molecule has 2 saturated heterocycles. The Hall–Kier alpha value is -2.22. The molecule has 0 radical (unpaired) electrons. The number of piperazine rings is 1. The molecule has 1 atom stereocenters. The van der Waals surface area contributed by atoms with Gasteiger partial charge in [-0.2, -0.15) is 0 Å². The molecule has 1 aromatic rings. The van der Waals surface area contributed by atoms with Crippen molar-refractivity contribution in [3.63, 3.8) is 0 Å². The molecule has 8 nitrogen and oxygen atoms in total. The van der Waals surface area contributed by atoms with E-state index in [9.17, 15) is 9.59 Å². The second-order valence-corrected chi connectivity index (χ2v) is 7.33. The number of rotatable bonds is 4. The van der Waals surface area contributed by atoms with Gasteiger partial charge < -0.3 is 19.4 Å². The van der Waals surface area contributed by atoms with E-state index in [4.69, 9.17) is 4.74 Å². The Kier molecular flexibility index (Phi) is 6.26. The highest BCUT2D eigenvalue weighted by Crippen LogP contribution is 2.23. The van der Waals surface area contributed by atoms with Crippen LogP contribution in [0.25, 0.3) is 0 Å². The third kappa shape index (κ3) is 4.37. The van der Waals surface area contributed by atoms with Crippen molar-refractivity contribution >= 4 is 17.6 Å². The normalized spacial score (nSPS) is 20.7. The molecule has 0 aliphatic carbocycles. The van der Waals surface area contributed by atoms with Gasteiger partial charge in [-0.1, -0.05) is 0 Å². The zero-order valence-corrected chi connectivity index (χ0v) is 16.5. The highest BCUT2D eigenvalue weighted by atomic mass is 16.5. The van der Waals surface area contributed by atoms with Crippen molar-refractivity contribution in [3.05, 3.63) is 17.6 Å². The Morgan fingerprint density at radius 2 is 1.85 bits per heavy atom. The molecular formula is C19H29N5O3. The maximum atomic E-state index is 13.0. The molecule has 0 aromatic carbocycles. The van der Waals surface area contributed by atoms with Gasteiger partial charge in [-0.05, 0) is 26.7 Å². The molecule has 148 valence electrons. The number of methoxy groups -OCH3 is 1. The molecule has 2 aliphatic rings. The molecule has 8 heteroatoms. The zero-order valence-electron chi connectivity index (χ0n) is 16.5. The molecular weight excluding hydrogens is 346 g/mol. The number of piperidine rings is 1. The van der Waals surface area contributed by atoms with E-state index in [-0.39, 0.29) is 24.3 Å². The highest BCUT2D eigenvalue weighted by molar-refractivity contribution is 5.82. The van der Waals surface area contributed by atoms with Gasteiger partial charge >= 0.3 is 0 Å². The predicted molar refractivity (Wildman–Crippen MR) is 101 cm³/mol. The minimum absolute atomic E-state index is 0.0329. The van der Waals surface area contributed by atoms with Gasteiger partial charge in [0.2, 0.25) is 11.8 Å². The molecule has 27 heavy (non-hydrogen) atoms. The summed E-state index contributed by atoms with van der Waals surface area (Å²) in [5.41, 5.74) is 2.08. The summed E-state index contributed by atoms with van der Waals surface area (Å²) < 4.78 is 4.94. The van der Waals surface area contributed by atoms with Crippen molar-refractivity contribution in [2.45, 2.75) is 26.7 Å².